The number of methoxy groups -OCH3 is 1. The maximum atomic E-state index is 13.8. The summed E-state index contributed by atoms with van der Waals surface area (Å²) >= 11 is 0. The molecule has 2 unspecified atom stereocenters. The van der Waals surface area contributed by atoms with Gasteiger partial charge in [-0.05, 0) is 69.4 Å². The Morgan fingerprint density at radius 1 is 0.551 bits per heavy atom. The normalized spacial score (nSPS) is 15.4. The molecule has 49 heavy (non-hydrogen) atoms. The predicted molar refractivity (Wildman–Crippen MR) is 170 cm³/mol. The van der Waals surface area contributed by atoms with Crippen LogP contribution < -0.4 is 0 Å². The van der Waals surface area contributed by atoms with Crippen LogP contribution in [0.15, 0.2) is 48.5 Å². The lowest BCUT2D eigenvalue weighted by Crippen LogP contribution is -2.50. The predicted octanol–water partition coefficient (Wildman–Crippen LogP) is 3.65. The van der Waals surface area contributed by atoms with Crippen LogP contribution in [0.25, 0.3) is 43.1 Å². The van der Waals surface area contributed by atoms with Crippen LogP contribution in [-0.2, 0) is 23.9 Å². The standard InChI is InChI=1S/C35H24N2O12/c1-49-25(40)13-11-23(35(47)48)37-32(43)20-8-4-16-14-2-6-18-28-19(31(42)36(30(18)41)22(34(45)46)10-12-24(38)39)7-3-15(26(14)28)17-5-9-21(33(37)44)29(20)27(16)17/h2-9,22-23H,10-13H2,1H3,(H,38,39)(H,45,46)(H,47,48). The van der Waals surface area contributed by atoms with Crippen LogP contribution in [0.3, 0.4) is 0 Å². The van der Waals surface area contributed by atoms with Crippen LogP contribution in [0.2, 0.25) is 0 Å². The number of nitrogens with zero attached hydrogens (tertiary/aromatic N) is 2. The van der Waals surface area contributed by atoms with Crippen molar-refractivity contribution in [2.75, 3.05) is 7.11 Å². The number of carbonyl (C=O) groups is 8. The second-order valence-electron chi connectivity index (χ2n) is 11.9. The van der Waals surface area contributed by atoms with Crippen molar-refractivity contribution < 1.29 is 58.4 Å². The third-order valence-electron chi connectivity index (χ3n) is 9.37. The summed E-state index contributed by atoms with van der Waals surface area (Å²) in [6, 6.07) is 9.06. The van der Waals surface area contributed by atoms with Gasteiger partial charge >= 0.3 is 23.9 Å². The molecule has 0 saturated heterocycles. The number of benzene rings is 5. The number of ether oxygens (including phenoxy) is 1. The Balaban J connectivity index is 1.42. The first-order chi connectivity index (χ1) is 23.4. The summed E-state index contributed by atoms with van der Waals surface area (Å²) in [5.74, 6) is -8.42. The van der Waals surface area contributed by atoms with E-state index in [0.717, 1.165) is 7.11 Å². The number of aliphatic carboxylic acids is 3. The van der Waals surface area contributed by atoms with Crippen molar-refractivity contribution in [2.24, 2.45) is 0 Å². The zero-order valence-electron chi connectivity index (χ0n) is 25.5. The molecule has 4 amide bonds. The minimum Gasteiger partial charge on any atom is -0.481 e. The first kappa shape index (κ1) is 31.2. The lowest BCUT2D eigenvalue weighted by Gasteiger charge is -2.33. The molecule has 246 valence electrons. The number of hydrogen-bond donors (Lipinski definition) is 3. The van der Waals surface area contributed by atoms with Gasteiger partial charge in [0, 0.05) is 45.9 Å². The van der Waals surface area contributed by atoms with Crippen LogP contribution in [-0.4, -0.2) is 91.8 Å². The molecule has 2 heterocycles. The number of carboxylic acids is 3. The molecular weight excluding hydrogens is 640 g/mol. The van der Waals surface area contributed by atoms with Crippen LogP contribution >= 0.6 is 0 Å². The van der Waals surface area contributed by atoms with Gasteiger partial charge in [-0.25, -0.2) is 9.59 Å². The number of hydrogen-bond acceptors (Lipinski definition) is 9. The van der Waals surface area contributed by atoms with Crippen molar-refractivity contribution in [3.63, 3.8) is 0 Å². The van der Waals surface area contributed by atoms with Crippen LogP contribution in [0.4, 0.5) is 0 Å². The molecule has 0 aromatic heterocycles. The second kappa shape index (κ2) is 11.1. The second-order valence-corrected chi connectivity index (χ2v) is 11.9. The summed E-state index contributed by atoms with van der Waals surface area (Å²) in [5.41, 5.74) is 0.267. The molecule has 3 N–H and O–H groups in total. The fourth-order valence-electron chi connectivity index (χ4n) is 7.21. The highest BCUT2D eigenvalue weighted by Gasteiger charge is 2.43. The molecule has 5 aromatic rings. The number of carbonyl (C=O) groups excluding carboxylic acids is 5. The molecule has 0 radical (unpaired) electrons. The third kappa shape index (κ3) is 4.40. The van der Waals surface area contributed by atoms with Gasteiger partial charge in [0.05, 0.1) is 7.11 Å². The van der Waals surface area contributed by atoms with Crippen LogP contribution in [0.1, 0.15) is 67.1 Å². The van der Waals surface area contributed by atoms with E-state index in [9.17, 15) is 48.6 Å². The van der Waals surface area contributed by atoms with Crippen LogP contribution in [0, 0.1) is 0 Å². The minimum absolute atomic E-state index is 0.0542. The molecular formula is C35H24N2O12. The maximum absolute atomic E-state index is 13.8. The molecule has 14 nitrogen and oxygen atoms in total. The Kier molecular flexibility index (Phi) is 7.05. The van der Waals surface area contributed by atoms with Crippen molar-refractivity contribution in [1.82, 2.24) is 9.80 Å². The molecule has 14 heteroatoms. The zero-order valence-corrected chi connectivity index (χ0v) is 25.5. The zero-order chi connectivity index (χ0) is 35.0. The lowest BCUT2D eigenvalue weighted by atomic mass is 9.82. The Labute approximate surface area is 274 Å². The number of imide groups is 2. The van der Waals surface area contributed by atoms with Crippen molar-refractivity contribution in [1.29, 1.82) is 0 Å². The van der Waals surface area contributed by atoms with Crippen LogP contribution in [0.5, 0.6) is 0 Å². The first-order valence-corrected chi connectivity index (χ1v) is 15.1. The van der Waals surface area contributed by atoms with Crippen molar-refractivity contribution in [3.05, 3.63) is 70.8 Å². The minimum atomic E-state index is -1.71. The summed E-state index contributed by atoms with van der Waals surface area (Å²) in [5, 5.41) is 32.9. The number of rotatable bonds is 10. The summed E-state index contributed by atoms with van der Waals surface area (Å²) in [4.78, 5) is 104. The van der Waals surface area contributed by atoms with Gasteiger partial charge in [-0.3, -0.25) is 38.6 Å². The molecule has 2 aliphatic rings. The number of fused-ring (bicyclic) bond motifs is 2. The van der Waals surface area contributed by atoms with Gasteiger partial charge < -0.3 is 20.1 Å². The molecule has 0 aliphatic carbocycles. The van der Waals surface area contributed by atoms with E-state index in [0.29, 0.717) is 47.5 Å². The Morgan fingerprint density at radius 2 is 0.878 bits per heavy atom. The van der Waals surface area contributed by atoms with Crippen molar-refractivity contribution in [3.8, 4) is 0 Å². The SMILES string of the molecule is COC(=O)CCC(C(=O)O)N1C(=O)c2ccc3c4ccc5c6c(ccc(c7ccc(c2c37)C1=O)c64)C(=O)N(C(CCC(=O)O)C(=O)O)C5=O. The number of esters is 1. The van der Waals surface area contributed by atoms with E-state index in [1.807, 2.05) is 0 Å². The highest BCUT2D eigenvalue weighted by molar-refractivity contribution is 6.41. The van der Waals surface area contributed by atoms with Crippen molar-refractivity contribution in [2.45, 2.75) is 37.8 Å². The molecule has 0 bridgehead atoms. The largest absolute Gasteiger partial charge is 0.481 e. The Hall–Kier alpha value is -6.44. The molecule has 2 aliphatic heterocycles. The lowest BCUT2D eigenvalue weighted by molar-refractivity contribution is -0.145. The van der Waals surface area contributed by atoms with Gasteiger partial charge in [0.1, 0.15) is 12.1 Å². The summed E-state index contributed by atoms with van der Waals surface area (Å²) in [6.07, 6.45) is -1.75. The fraction of sp³-hybridized carbons (Fsp3) is 0.200. The molecule has 2 atom stereocenters. The van der Waals surface area contributed by atoms with E-state index >= 15 is 0 Å². The van der Waals surface area contributed by atoms with E-state index in [4.69, 9.17) is 5.11 Å². The van der Waals surface area contributed by atoms with E-state index in [-0.39, 0.29) is 40.5 Å². The topological polar surface area (TPSA) is 213 Å². The van der Waals surface area contributed by atoms with E-state index in [2.05, 4.69) is 4.74 Å². The quantitative estimate of drug-likeness (QED) is 0.0845. The maximum Gasteiger partial charge on any atom is 0.326 e. The first-order valence-electron chi connectivity index (χ1n) is 15.1. The van der Waals surface area contributed by atoms with E-state index in [1.54, 1.807) is 24.3 Å². The van der Waals surface area contributed by atoms with E-state index < -0.39 is 72.4 Å². The molecule has 7 rings (SSSR count). The van der Waals surface area contributed by atoms with Gasteiger partial charge in [-0.1, -0.05) is 24.3 Å². The summed E-state index contributed by atoms with van der Waals surface area (Å²) in [6.45, 7) is 0. The Bertz CT molecular complexity index is 2280. The number of carboxylic acid groups (broad SMARTS) is 3. The monoisotopic (exact) mass is 664 g/mol. The van der Waals surface area contributed by atoms with Gasteiger partial charge in [-0.2, -0.15) is 0 Å². The fourth-order valence-corrected chi connectivity index (χ4v) is 7.21. The highest BCUT2D eigenvalue weighted by Crippen LogP contribution is 2.46. The smallest absolute Gasteiger partial charge is 0.326 e. The van der Waals surface area contributed by atoms with Gasteiger partial charge in [0.2, 0.25) is 0 Å². The molecule has 0 fully saturated rings. The van der Waals surface area contributed by atoms with Gasteiger partial charge in [0.15, 0.2) is 0 Å². The molecule has 5 aromatic carbocycles. The highest BCUT2D eigenvalue weighted by atomic mass is 16.5. The average molecular weight is 665 g/mol. The Morgan fingerprint density at radius 3 is 1.16 bits per heavy atom. The van der Waals surface area contributed by atoms with E-state index in [1.165, 1.54) is 24.3 Å². The summed E-state index contributed by atoms with van der Waals surface area (Å²) < 4.78 is 4.60. The number of amides is 4. The van der Waals surface area contributed by atoms with Gasteiger partial charge in [0.25, 0.3) is 23.6 Å². The average Bonchev–Trinajstić information content (AvgIpc) is 3.07. The third-order valence-corrected chi connectivity index (χ3v) is 9.37. The summed E-state index contributed by atoms with van der Waals surface area (Å²) in [7, 11) is 1.14. The molecule has 0 saturated carbocycles. The van der Waals surface area contributed by atoms with Crippen molar-refractivity contribution >= 4 is 90.6 Å². The van der Waals surface area contributed by atoms with Gasteiger partial charge in [-0.15, -0.1) is 0 Å². The molecule has 0 spiro atoms.